The van der Waals surface area contributed by atoms with E-state index in [4.69, 9.17) is 4.74 Å². The summed E-state index contributed by atoms with van der Waals surface area (Å²) in [7, 11) is -2.15. The van der Waals surface area contributed by atoms with Crippen molar-refractivity contribution in [2.75, 3.05) is 20.2 Å². The molecule has 0 radical (unpaired) electrons. The van der Waals surface area contributed by atoms with E-state index in [1.807, 2.05) is 60.7 Å². The summed E-state index contributed by atoms with van der Waals surface area (Å²) in [6.45, 7) is 0.164. The number of hydrogen-bond acceptors (Lipinski definition) is 3. The van der Waals surface area contributed by atoms with Crippen LogP contribution in [0, 0.1) is 0 Å². The lowest BCUT2D eigenvalue weighted by atomic mass is 9.69. The molecule has 0 unspecified atom stereocenters. The van der Waals surface area contributed by atoms with Crippen molar-refractivity contribution in [3.8, 4) is 0 Å². The molecule has 3 aromatic rings. The number of sulfonamides is 1. The number of nitrogens with zero attached hydrogens (tertiary/aromatic N) is 1. The maximum atomic E-state index is 16.9. The van der Waals surface area contributed by atoms with Gasteiger partial charge in [-0.2, -0.15) is 4.31 Å². The molecular formula is C25H26FNO3S. The summed E-state index contributed by atoms with van der Waals surface area (Å²) in [5.41, 5.74) is -1.69. The molecule has 31 heavy (non-hydrogen) atoms. The number of rotatable bonds is 6. The number of piperidine rings is 1. The fourth-order valence-electron chi connectivity index (χ4n) is 4.62. The van der Waals surface area contributed by atoms with Crippen molar-refractivity contribution >= 4 is 10.0 Å². The molecule has 0 amide bonds. The molecule has 3 aromatic carbocycles. The van der Waals surface area contributed by atoms with Gasteiger partial charge in [-0.3, -0.25) is 0 Å². The Balaban J connectivity index is 1.71. The highest BCUT2D eigenvalue weighted by atomic mass is 32.2. The molecule has 6 heteroatoms. The molecule has 0 N–H and O–H groups in total. The van der Waals surface area contributed by atoms with Gasteiger partial charge in [-0.15, -0.1) is 0 Å². The van der Waals surface area contributed by atoms with Crippen molar-refractivity contribution in [3.05, 3.63) is 102 Å². The molecule has 0 aromatic heterocycles. The molecule has 0 saturated carbocycles. The summed E-state index contributed by atoms with van der Waals surface area (Å²) in [4.78, 5) is 0.227. The predicted octanol–water partition coefficient (Wildman–Crippen LogP) is 4.77. The van der Waals surface area contributed by atoms with Gasteiger partial charge in [0.25, 0.3) is 0 Å². The van der Waals surface area contributed by atoms with E-state index in [2.05, 4.69) is 0 Å². The van der Waals surface area contributed by atoms with E-state index in [0.717, 1.165) is 0 Å². The third kappa shape index (κ3) is 3.69. The molecule has 1 saturated heterocycles. The van der Waals surface area contributed by atoms with Crippen molar-refractivity contribution in [1.29, 1.82) is 0 Å². The molecule has 1 aliphatic rings. The first-order chi connectivity index (χ1) is 14.9. The Kier molecular flexibility index (Phi) is 5.97. The Labute approximate surface area is 183 Å². The zero-order valence-corrected chi connectivity index (χ0v) is 18.3. The van der Waals surface area contributed by atoms with Crippen LogP contribution < -0.4 is 0 Å². The molecule has 4 rings (SSSR count). The standard InChI is InChI=1S/C25H26FNO3S/c1-30-25(21-11-5-2-6-12-21,22-13-7-3-8-14-22)24(26)17-19-27(20-18-24)31(28,29)23-15-9-4-10-16-23/h2-16H,17-20H2,1H3. The largest absolute Gasteiger partial charge is 0.365 e. The van der Waals surface area contributed by atoms with Crippen molar-refractivity contribution in [2.45, 2.75) is 29.0 Å². The van der Waals surface area contributed by atoms with E-state index >= 15 is 4.39 Å². The van der Waals surface area contributed by atoms with Gasteiger partial charge < -0.3 is 4.74 Å². The van der Waals surface area contributed by atoms with Gasteiger partial charge in [0.15, 0.2) is 11.3 Å². The molecule has 4 nitrogen and oxygen atoms in total. The Bertz CT molecular complexity index is 1060. The highest BCUT2D eigenvalue weighted by Gasteiger charge is 2.57. The third-order valence-corrected chi connectivity index (χ3v) is 8.11. The highest BCUT2D eigenvalue weighted by molar-refractivity contribution is 7.89. The summed E-state index contributed by atoms with van der Waals surface area (Å²) in [6, 6.07) is 27.0. The second-order valence-corrected chi connectivity index (χ2v) is 9.74. The lowest BCUT2D eigenvalue weighted by Crippen LogP contribution is -2.57. The second-order valence-electron chi connectivity index (χ2n) is 7.80. The Morgan fingerprint density at radius 2 is 1.23 bits per heavy atom. The SMILES string of the molecule is COC(c1ccccc1)(c1ccccc1)C1(F)CCN(S(=O)(=O)c2ccccc2)CC1. The predicted molar refractivity (Wildman–Crippen MR) is 119 cm³/mol. The smallest absolute Gasteiger partial charge is 0.243 e. The van der Waals surface area contributed by atoms with Crippen LogP contribution in [0.15, 0.2) is 95.9 Å². The Hall–Kier alpha value is -2.54. The van der Waals surface area contributed by atoms with Crippen LogP contribution in [0.25, 0.3) is 0 Å². The highest BCUT2D eigenvalue weighted by Crippen LogP contribution is 2.50. The molecule has 1 heterocycles. The molecule has 0 atom stereocenters. The molecule has 0 aliphatic carbocycles. The Morgan fingerprint density at radius 1 is 0.806 bits per heavy atom. The molecule has 1 fully saturated rings. The van der Waals surface area contributed by atoms with Gasteiger partial charge in [0.1, 0.15) is 0 Å². The maximum Gasteiger partial charge on any atom is 0.243 e. The van der Waals surface area contributed by atoms with Crippen molar-refractivity contribution in [3.63, 3.8) is 0 Å². The lowest BCUT2D eigenvalue weighted by Gasteiger charge is -2.48. The van der Waals surface area contributed by atoms with Gasteiger partial charge in [0.2, 0.25) is 10.0 Å². The molecule has 1 aliphatic heterocycles. The summed E-state index contributed by atoms with van der Waals surface area (Å²) in [6.07, 6.45) is 0.0490. The van der Waals surface area contributed by atoms with Crippen LogP contribution in [0.2, 0.25) is 0 Å². The number of hydrogen-bond donors (Lipinski definition) is 0. The van der Waals surface area contributed by atoms with Crippen LogP contribution in [0.5, 0.6) is 0 Å². The number of alkyl halides is 1. The molecule has 0 bridgehead atoms. The van der Waals surface area contributed by atoms with Crippen LogP contribution in [0.1, 0.15) is 24.0 Å². The van der Waals surface area contributed by atoms with Gasteiger partial charge in [-0.25, -0.2) is 12.8 Å². The lowest BCUT2D eigenvalue weighted by molar-refractivity contribution is -0.126. The third-order valence-electron chi connectivity index (χ3n) is 6.19. The van der Waals surface area contributed by atoms with Gasteiger partial charge in [-0.1, -0.05) is 78.9 Å². The number of benzene rings is 3. The monoisotopic (exact) mass is 439 g/mol. The molecule has 0 spiro atoms. The minimum absolute atomic E-state index is 0.0245. The van der Waals surface area contributed by atoms with Crippen LogP contribution in [0.3, 0.4) is 0 Å². The maximum absolute atomic E-state index is 16.9. The van der Waals surface area contributed by atoms with Gasteiger partial charge >= 0.3 is 0 Å². The topological polar surface area (TPSA) is 46.6 Å². The van der Waals surface area contributed by atoms with E-state index < -0.39 is 21.3 Å². The number of methoxy groups -OCH3 is 1. The van der Waals surface area contributed by atoms with E-state index in [0.29, 0.717) is 11.1 Å². The summed E-state index contributed by atoms with van der Waals surface area (Å²) in [5.74, 6) is 0. The molecular weight excluding hydrogens is 413 g/mol. The van der Waals surface area contributed by atoms with Crippen molar-refractivity contribution in [2.24, 2.45) is 0 Å². The number of ether oxygens (including phenoxy) is 1. The Morgan fingerprint density at radius 3 is 1.65 bits per heavy atom. The fourth-order valence-corrected chi connectivity index (χ4v) is 6.09. The van der Waals surface area contributed by atoms with E-state index in [9.17, 15) is 8.42 Å². The minimum Gasteiger partial charge on any atom is -0.365 e. The summed E-state index contributed by atoms with van der Waals surface area (Å²) < 4.78 is 50.3. The van der Waals surface area contributed by atoms with Crippen LogP contribution >= 0.6 is 0 Å². The van der Waals surface area contributed by atoms with Crippen LogP contribution in [0.4, 0.5) is 4.39 Å². The quantitative estimate of drug-likeness (QED) is 0.556. The first kappa shape index (κ1) is 21.7. The summed E-state index contributed by atoms with van der Waals surface area (Å²) >= 11 is 0. The van der Waals surface area contributed by atoms with Gasteiger partial charge in [0, 0.05) is 20.2 Å². The fraction of sp³-hybridized carbons (Fsp3) is 0.280. The first-order valence-corrected chi connectivity index (χ1v) is 11.8. The van der Waals surface area contributed by atoms with E-state index in [1.165, 1.54) is 11.4 Å². The normalized spacial score (nSPS) is 17.4. The van der Waals surface area contributed by atoms with Gasteiger partial charge in [-0.05, 0) is 36.1 Å². The van der Waals surface area contributed by atoms with E-state index in [-0.39, 0.29) is 30.8 Å². The average molecular weight is 440 g/mol. The first-order valence-electron chi connectivity index (χ1n) is 10.3. The minimum atomic E-state index is -3.67. The zero-order chi connectivity index (χ0) is 22.0. The zero-order valence-electron chi connectivity index (χ0n) is 17.4. The second kappa shape index (κ2) is 8.54. The average Bonchev–Trinajstić information content (AvgIpc) is 2.82. The summed E-state index contributed by atoms with van der Waals surface area (Å²) in [5, 5.41) is 0. The van der Waals surface area contributed by atoms with Crippen LogP contribution in [-0.2, 0) is 20.4 Å². The van der Waals surface area contributed by atoms with E-state index in [1.54, 1.807) is 30.3 Å². The van der Waals surface area contributed by atoms with Gasteiger partial charge in [0.05, 0.1) is 4.90 Å². The molecule has 162 valence electrons. The van der Waals surface area contributed by atoms with Crippen molar-refractivity contribution < 1.29 is 17.5 Å². The van der Waals surface area contributed by atoms with Crippen molar-refractivity contribution in [1.82, 2.24) is 4.31 Å². The number of halogens is 1. The van der Waals surface area contributed by atoms with Crippen LogP contribution in [-0.4, -0.2) is 38.6 Å².